The van der Waals surface area contributed by atoms with Crippen molar-refractivity contribution in [2.75, 3.05) is 22.4 Å². The Morgan fingerprint density at radius 2 is 1.93 bits per heavy atom. The van der Waals surface area contributed by atoms with Gasteiger partial charge in [-0.2, -0.15) is 0 Å². The number of rotatable bonds is 5. The Kier molecular flexibility index (Phi) is 5.93. The summed E-state index contributed by atoms with van der Waals surface area (Å²) in [6.45, 7) is 3.85. The van der Waals surface area contributed by atoms with E-state index in [2.05, 4.69) is 5.32 Å². The van der Waals surface area contributed by atoms with Crippen LogP contribution in [0.1, 0.15) is 34.8 Å². The molecule has 0 aliphatic carbocycles. The van der Waals surface area contributed by atoms with Crippen molar-refractivity contribution >= 4 is 33.3 Å². The van der Waals surface area contributed by atoms with E-state index in [0.717, 1.165) is 11.1 Å². The maximum atomic E-state index is 12.5. The highest BCUT2D eigenvalue weighted by Gasteiger charge is 2.26. The maximum Gasteiger partial charge on any atom is 0.338 e. The molecule has 154 valence electrons. The average Bonchev–Trinajstić information content (AvgIpc) is 2.66. The molecule has 7 nitrogen and oxygen atoms in total. The van der Waals surface area contributed by atoms with E-state index < -0.39 is 28.0 Å². The summed E-state index contributed by atoms with van der Waals surface area (Å²) in [4.78, 5) is 24.8. The Labute approximate surface area is 170 Å². The Morgan fingerprint density at radius 3 is 2.62 bits per heavy atom. The monoisotopic (exact) mass is 416 g/mol. The lowest BCUT2D eigenvalue weighted by Crippen LogP contribution is -2.34. The topological polar surface area (TPSA) is 92.8 Å². The summed E-state index contributed by atoms with van der Waals surface area (Å²) in [5.74, 6) is -1.05. The number of esters is 1. The molecular formula is C21H24N2O5S. The highest BCUT2D eigenvalue weighted by molar-refractivity contribution is 7.92. The van der Waals surface area contributed by atoms with Crippen LogP contribution in [0.4, 0.5) is 11.4 Å². The molecule has 0 unspecified atom stereocenters. The van der Waals surface area contributed by atoms with Crippen LogP contribution < -0.4 is 9.62 Å². The number of benzene rings is 2. The van der Waals surface area contributed by atoms with Gasteiger partial charge in [-0.1, -0.05) is 12.1 Å². The number of ether oxygens (including phenoxy) is 1. The van der Waals surface area contributed by atoms with Crippen molar-refractivity contribution in [2.45, 2.75) is 32.8 Å². The zero-order valence-electron chi connectivity index (χ0n) is 16.6. The number of amides is 1. The van der Waals surface area contributed by atoms with Gasteiger partial charge >= 0.3 is 5.97 Å². The summed E-state index contributed by atoms with van der Waals surface area (Å²) >= 11 is 0. The Morgan fingerprint density at radius 1 is 1.17 bits per heavy atom. The van der Waals surface area contributed by atoms with Crippen molar-refractivity contribution in [3.63, 3.8) is 0 Å². The van der Waals surface area contributed by atoms with Crippen LogP contribution in [-0.4, -0.2) is 39.2 Å². The molecule has 8 heteroatoms. The fourth-order valence-corrected chi connectivity index (χ4v) is 4.28. The molecule has 0 radical (unpaired) electrons. The summed E-state index contributed by atoms with van der Waals surface area (Å²) in [5, 5.41) is 2.72. The summed E-state index contributed by atoms with van der Waals surface area (Å²) in [6.07, 6.45) is 1.53. The Balaban J connectivity index is 1.70. The number of nitrogens with one attached hydrogen (secondary N) is 1. The van der Waals surface area contributed by atoms with E-state index in [1.807, 2.05) is 25.1 Å². The quantitative estimate of drug-likeness (QED) is 0.757. The molecular weight excluding hydrogens is 392 g/mol. The molecule has 1 heterocycles. The molecule has 29 heavy (non-hydrogen) atoms. The van der Waals surface area contributed by atoms with Crippen LogP contribution in [-0.2, 0) is 26.0 Å². The molecule has 0 aromatic heterocycles. The number of sulfonamides is 1. The maximum absolute atomic E-state index is 12.5. The van der Waals surface area contributed by atoms with Gasteiger partial charge < -0.3 is 10.1 Å². The molecule has 1 amide bonds. The highest BCUT2D eigenvalue weighted by atomic mass is 32.2. The van der Waals surface area contributed by atoms with Gasteiger partial charge in [0.05, 0.1) is 17.5 Å². The van der Waals surface area contributed by atoms with E-state index in [1.54, 1.807) is 18.2 Å². The second-order valence-electron chi connectivity index (χ2n) is 7.19. The van der Waals surface area contributed by atoms with Crippen LogP contribution >= 0.6 is 0 Å². The largest absolute Gasteiger partial charge is 0.449 e. The normalized spacial score (nSPS) is 14.7. The van der Waals surface area contributed by atoms with Crippen LogP contribution in [0.3, 0.4) is 0 Å². The van der Waals surface area contributed by atoms with E-state index in [0.29, 0.717) is 30.8 Å². The molecule has 0 saturated heterocycles. The Bertz CT molecular complexity index is 1050. The zero-order valence-corrected chi connectivity index (χ0v) is 17.5. The first kappa shape index (κ1) is 20.9. The van der Waals surface area contributed by atoms with Crippen LogP contribution in [0.2, 0.25) is 0 Å². The SMILES string of the molecule is Cc1cccc(NC(=O)[C@@H](C)OC(=O)c2ccc3c(c2)CCCN3S(C)(=O)=O)c1. The van der Waals surface area contributed by atoms with Crippen molar-refractivity contribution in [2.24, 2.45) is 0 Å². The number of nitrogens with zero attached hydrogens (tertiary/aromatic N) is 1. The second-order valence-corrected chi connectivity index (χ2v) is 9.10. The van der Waals surface area contributed by atoms with Gasteiger partial charge in [0.25, 0.3) is 5.91 Å². The van der Waals surface area contributed by atoms with Crippen molar-refractivity contribution in [3.8, 4) is 0 Å². The van der Waals surface area contributed by atoms with Gasteiger partial charge in [0.2, 0.25) is 10.0 Å². The molecule has 2 aromatic carbocycles. The van der Waals surface area contributed by atoms with Crippen molar-refractivity contribution < 1.29 is 22.7 Å². The van der Waals surface area contributed by atoms with Gasteiger partial charge in [-0.05, 0) is 68.1 Å². The van der Waals surface area contributed by atoms with E-state index >= 15 is 0 Å². The smallest absolute Gasteiger partial charge is 0.338 e. The van der Waals surface area contributed by atoms with Gasteiger partial charge in [0.15, 0.2) is 6.10 Å². The lowest BCUT2D eigenvalue weighted by atomic mass is 10.0. The third-order valence-corrected chi connectivity index (χ3v) is 5.91. The van der Waals surface area contributed by atoms with Crippen LogP contribution in [0.25, 0.3) is 0 Å². The number of fused-ring (bicyclic) bond motifs is 1. The highest BCUT2D eigenvalue weighted by Crippen LogP contribution is 2.30. The fourth-order valence-electron chi connectivity index (χ4n) is 3.28. The first-order valence-corrected chi connectivity index (χ1v) is 11.2. The second kappa shape index (κ2) is 8.24. The molecule has 0 saturated carbocycles. The van der Waals surface area contributed by atoms with Crippen molar-refractivity contribution in [1.82, 2.24) is 0 Å². The van der Waals surface area contributed by atoms with E-state index in [-0.39, 0.29) is 5.56 Å². The number of hydrogen-bond acceptors (Lipinski definition) is 5. The summed E-state index contributed by atoms with van der Waals surface area (Å²) in [6, 6.07) is 12.1. The van der Waals surface area contributed by atoms with Gasteiger partial charge in [0, 0.05) is 12.2 Å². The minimum absolute atomic E-state index is 0.286. The summed E-state index contributed by atoms with van der Waals surface area (Å²) in [7, 11) is -3.37. The number of anilines is 2. The zero-order chi connectivity index (χ0) is 21.2. The molecule has 1 atom stereocenters. The number of hydrogen-bond donors (Lipinski definition) is 1. The van der Waals surface area contributed by atoms with Gasteiger partial charge in [-0.15, -0.1) is 0 Å². The van der Waals surface area contributed by atoms with Crippen LogP contribution in [0.15, 0.2) is 42.5 Å². The molecule has 0 fully saturated rings. The molecule has 1 aliphatic rings. The third kappa shape index (κ3) is 4.95. The van der Waals surface area contributed by atoms with Crippen molar-refractivity contribution in [3.05, 3.63) is 59.2 Å². The lowest BCUT2D eigenvalue weighted by Gasteiger charge is -2.29. The third-order valence-electron chi connectivity index (χ3n) is 4.73. The molecule has 2 aromatic rings. The predicted octanol–water partition coefficient (Wildman–Crippen LogP) is 2.89. The fraction of sp³-hybridized carbons (Fsp3) is 0.333. The van der Waals surface area contributed by atoms with E-state index in [4.69, 9.17) is 4.74 Å². The van der Waals surface area contributed by atoms with Gasteiger partial charge in [0.1, 0.15) is 0 Å². The van der Waals surface area contributed by atoms with Crippen molar-refractivity contribution in [1.29, 1.82) is 0 Å². The molecule has 0 bridgehead atoms. The Hall–Kier alpha value is -2.87. The number of carbonyl (C=O) groups is 2. The summed E-state index contributed by atoms with van der Waals surface area (Å²) < 4.78 is 30.5. The molecule has 0 spiro atoms. The van der Waals surface area contributed by atoms with E-state index in [9.17, 15) is 18.0 Å². The van der Waals surface area contributed by atoms with Crippen LogP contribution in [0, 0.1) is 6.92 Å². The minimum Gasteiger partial charge on any atom is -0.449 e. The average molecular weight is 416 g/mol. The van der Waals surface area contributed by atoms with E-state index in [1.165, 1.54) is 23.6 Å². The molecule has 3 rings (SSSR count). The first-order chi connectivity index (χ1) is 13.6. The van der Waals surface area contributed by atoms with Gasteiger partial charge in [-0.25, -0.2) is 13.2 Å². The number of carbonyl (C=O) groups excluding carboxylic acids is 2. The summed E-state index contributed by atoms with van der Waals surface area (Å²) in [5.41, 5.74) is 3.28. The predicted molar refractivity (Wildman–Crippen MR) is 112 cm³/mol. The molecule has 1 N–H and O–H groups in total. The standard InChI is InChI=1S/C21H24N2O5S/c1-14-6-4-8-18(12-14)22-20(24)15(2)28-21(25)17-9-10-19-16(13-17)7-5-11-23(19)29(3,26)27/h4,6,8-10,12-13,15H,5,7,11H2,1-3H3,(H,22,24)/t15-/m1/s1. The molecule has 1 aliphatic heterocycles. The minimum atomic E-state index is -3.37. The van der Waals surface area contributed by atoms with Gasteiger partial charge in [-0.3, -0.25) is 9.10 Å². The lowest BCUT2D eigenvalue weighted by molar-refractivity contribution is -0.123. The van der Waals surface area contributed by atoms with Crippen LogP contribution in [0.5, 0.6) is 0 Å². The number of aryl methyl sites for hydroxylation is 2. The first-order valence-electron chi connectivity index (χ1n) is 9.34.